The topological polar surface area (TPSA) is 59.3 Å². The molecule has 0 aliphatic carbocycles. The van der Waals surface area contributed by atoms with Gasteiger partial charge in [0.05, 0.1) is 0 Å². The summed E-state index contributed by atoms with van der Waals surface area (Å²) in [6, 6.07) is 0. The van der Waals surface area contributed by atoms with Crippen LogP contribution in [0.2, 0.25) is 0 Å². The van der Waals surface area contributed by atoms with Crippen LogP contribution in [0.3, 0.4) is 0 Å². The lowest BCUT2D eigenvalue weighted by molar-refractivity contribution is -0.137. The summed E-state index contributed by atoms with van der Waals surface area (Å²) in [5.41, 5.74) is 2.51. The van der Waals surface area contributed by atoms with E-state index >= 15 is 0 Å². The maximum Gasteiger partial charge on any atom is 0.303 e. The second kappa shape index (κ2) is 8.92. The van der Waals surface area contributed by atoms with E-state index in [4.69, 9.17) is 16.7 Å². The molecular formula is C18H26ClNO3. The van der Waals surface area contributed by atoms with Gasteiger partial charge in [-0.05, 0) is 31.8 Å². The number of aromatic nitrogens is 1. The van der Waals surface area contributed by atoms with Gasteiger partial charge < -0.3 is 9.67 Å². The number of allylic oxidation sites excluding steroid dienone is 1. The first-order valence-corrected chi connectivity index (χ1v) is 8.41. The van der Waals surface area contributed by atoms with E-state index in [0.29, 0.717) is 10.6 Å². The highest BCUT2D eigenvalue weighted by molar-refractivity contribution is 6.31. The average Bonchev–Trinajstić information content (AvgIpc) is 2.70. The minimum absolute atomic E-state index is 0.00255. The number of halogens is 1. The number of ketones is 1. The second-order valence-electron chi connectivity index (χ2n) is 6.18. The van der Waals surface area contributed by atoms with Gasteiger partial charge in [0.25, 0.3) is 0 Å². The number of Topliss-reactive ketones (excluding diaryl/α,β-unsaturated/α-hetero) is 1. The van der Waals surface area contributed by atoms with E-state index in [-0.39, 0.29) is 24.5 Å². The summed E-state index contributed by atoms with van der Waals surface area (Å²) in [4.78, 5) is 23.6. The summed E-state index contributed by atoms with van der Waals surface area (Å²) in [6.45, 7) is 5.69. The molecular weight excluding hydrogens is 314 g/mol. The Morgan fingerprint density at radius 1 is 1.39 bits per heavy atom. The Bertz CT molecular complexity index is 598. The van der Waals surface area contributed by atoms with Crippen LogP contribution in [-0.4, -0.2) is 21.4 Å². The fourth-order valence-electron chi connectivity index (χ4n) is 2.77. The van der Waals surface area contributed by atoms with Crippen molar-refractivity contribution < 1.29 is 14.7 Å². The molecule has 0 aromatic carbocycles. The van der Waals surface area contributed by atoms with Crippen molar-refractivity contribution in [1.82, 2.24) is 4.57 Å². The Labute approximate surface area is 143 Å². The van der Waals surface area contributed by atoms with Crippen molar-refractivity contribution in [3.63, 3.8) is 0 Å². The number of hydrogen-bond acceptors (Lipinski definition) is 2. The van der Waals surface area contributed by atoms with Crippen molar-refractivity contribution in [2.75, 3.05) is 0 Å². The lowest BCUT2D eigenvalue weighted by Crippen LogP contribution is -2.13. The first kappa shape index (κ1) is 19.5. The van der Waals surface area contributed by atoms with Gasteiger partial charge in [-0.15, -0.1) is 0 Å². The summed E-state index contributed by atoms with van der Waals surface area (Å²) in [5.74, 6) is -1.07. The molecule has 1 atom stereocenters. The van der Waals surface area contributed by atoms with Crippen LogP contribution in [0.5, 0.6) is 0 Å². The number of nitrogens with zero attached hydrogens (tertiary/aromatic N) is 1. The number of unbranched alkanes of at least 4 members (excludes halogenated alkanes) is 1. The number of aliphatic carboxylic acids is 1. The number of carbonyl (C=O) groups is 2. The van der Waals surface area contributed by atoms with Crippen LogP contribution >= 0.6 is 11.6 Å². The molecule has 23 heavy (non-hydrogen) atoms. The summed E-state index contributed by atoms with van der Waals surface area (Å²) < 4.78 is 1.98. The van der Waals surface area contributed by atoms with Gasteiger partial charge in [-0.1, -0.05) is 31.9 Å². The van der Waals surface area contributed by atoms with Gasteiger partial charge >= 0.3 is 5.97 Å². The summed E-state index contributed by atoms with van der Waals surface area (Å²) in [5, 5.41) is 9.49. The second-order valence-corrected chi connectivity index (χ2v) is 6.78. The van der Waals surface area contributed by atoms with Crippen molar-refractivity contribution >= 4 is 29.4 Å². The van der Waals surface area contributed by atoms with Crippen molar-refractivity contribution in [1.29, 1.82) is 0 Å². The van der Waals surface area contributed by atoms with E-state index in [9.17, 15) is 9.59 Å². The summed E-state index contributed by atoms with van der Waals surface area (Å²) in [6.07, 6.45) is 6.84. The van der Waals surface area contributed by atoms with Crippen LogP contribution in [0.4, 0.5) is 0 Å². The molecule has 0 amide bonds. The number of carboxylic acids is 1. The van der Waals surface area contributed by atoms with Crippen molar-refractivity contribution in [2.24, 2.45) is 13.0 Å². The summed E-state index contributed by atoms with van der Waals surface area (Å²) in [7, 11) is 1.93. The highest BCUT2D eigenvalue weighted by Gasteiger charge is 2.22. The van der Waals surface area contributed by atoms with Gasteiger partial charge in [0.15, 0.2) is 5.78 Å². The fraction of sp³-hybridized carbons (Fsp3) is 0.556. The SMILES string of the molecule is CCCCc1c(C(=O)C[C@H](C)CC(=O)O)c(/C=C(\C)Cl)cn1C. The predicted octanol–water partition coefficient (Wildman–Crippen LogP) is 4.65. The smallest absolute Gasteiger partial charge is 0.303 e. The molecule has 128 valence electrons. The molecule has 0 fully saturated rings. The predicted molar refractivity (Wildman–Crippen MR) is 93.9 cm³/mol. The molecule has 0 aliphatic rings. The quantitative estimate of drug-likeness (QED) is 0.666. The van der Waals surface area contributed by atoms with E-state index in [1.54, 1.807) is 19.9 Å². The van der Waals surface area contributed by atoms with E-state index in [1.807, 2.05) is 17.8 Å². The highest BCUT2D eigenvalue weighted by Crippen LogP contribution is 2.25. The van der Waals surface area contributed by atoms with Gasteiger partial charge in [0.2, 0.25) is 0 Å². The minimum Gasteiger partial charge on any atom is -0.481 e. The zero-order chi connectivity index (χ0) is 17.6. The molecule has 0 bridgehead atoms. The molecule has 0 radical (unpaired) electrons. The maximum atomic E-state index is 12.8. The fourth-order valence-corrected chi connectivity index (χ4v) is 2.89. The molecule has 1 aromatic heterocycles. The zero-order valence-corrected chi connectivity index (χ0v) is 15.1. The lowest BCUT2D eigenvalue weighted by atomic mass is 9.94. The van der Waals surface area contributed by atoms with Gasteiger partial charge in [-0.2, -0.15) is 0 Å². The lowest BCUT2D eigenvalue weighted by Gasteiger charge is -2.11. The average molecular weight is 340 g/mol. The molecule has 1 heterocycles. The minimum atomic E-state index is -0.874. The highest BCUT2D eigenvalue weighted by atomic mass is 35.5. The number of carbonyl (C=O) groups excluding carboxylic acids is 1. The van der Waals surface area contributed by atoms with Crippen LogP contribution in [-0.2, 0) is 18.3 Å². The molecule has 0 aliphatic heterocycles. The Morgan fingerprint density at radius 2 is 2.04 bits per heavy atom. The molecule has 0 spiro atoms. The molecule has 1 rings (SSSR count). The molecule has 1 aromatic rings. The van der Waals surface area contributed by atoms with Crippen LogP contribution in [0.1, 0.15) is 68.1 Å². The largest absolute Gasteiger partial charge is 0.481 e. The van der Waals surface area contributed by atoms with E-state index < -0.39 is 5.97 Å². The first-order valence-electron chi connectivity index (χ1n) is 8.03. The van der Waals surface area contributed by atoms with Gasteiger partial charge in [-0.3, -0.25) is 9.59 Å². The molecule has 0 saturated heterocycles. The third-order valence-electron chi connectivity index (χ3n) is 3.79. The number of aryl methyl sites for hydroxylation is 1. The molecule has 0 saturated carbocycles. The van der Waals surface area contributed by atoms with Gasteiger partial charge in [0.1, 0.15) is 0 Å². The molecule has 0 unspecified atom stereocenters. The Kier molecular flexibility index (Phi) is 7.56. The Morgan fingerprint density at radius 3 is 2.57 bits per heavy atom. The number of carboxylic acid groups (broad SMARTS) is 1. The molecule has 5 heteroatoms. The third-order valence-corrected chi connectivity index (χ3v) is 3.90. The molecule has 4 nitrogen and oxygen atoms in total. The maximum absolute atomic E-state index is 12.8. The monoisotopic (exact) mass is 339 g/mol. The van der Waals surface area contributed by atoms with Crippen LogP contribution in [0.25, 0.3) is 6.08 Å². The van der Waals surface area contributed by atoms with E-state index in [2.05, 4.69) is 6.92 Å². The third kappa shape index (κ3) is 5.87. The van der Waals surface area contributed by atoms with Gasteiger partial charge in [-0.25, -0.2) is 0 Å². The zero-order valence-electron chi connectivity index (χ0n) is 14.4. The molecule has 1 N–H and O–H groups in total. The Hall–Kier alpha value is -1.55. The standard InChI is InChI=1S/C18H26ClNO3/c1-5-6-7-15-18(14(10-13(3)19)11-20(15)4)16(21)8-12(2)9-17(22)23/h10-12H,5-9H2,1-4H3,(H,22,23)/b13-10+/t12-/m0/s1. The number of hydrogen-bond donors (Lipinski definition) is 1. The van der Waals surface area contributed by atoms with Crippen molar-refractivity contribution in [3.8, 4) is 0 Å². The number of rotatable bonds is 9. The Balaban J connectivity index is 3.15. The van der Waals surface area contributed by atoms with E-state index in [1.165, 1.54) is 0 Å². The normalized spacial score (nSPS) is 13.2. The van der Waals surface area contributed by atoms with Crippen LogP contribution < -0.4 is 0 Å². The van der Waals surface area contributed by atoms with Crippen molar-refractivity contribution in [2.45, 2.75) is 52.9 Å². The van der Waals surface area contributed by atoms with Crippen LogP contribution in [0, 0.1) is 5.92 Å². The first-order chi connectivity index (χ1) is 10.8. The summed E-state index contributed by atoms with van der Waals surface area (Å²) >= 11 is 5.99. The van der Waals surface area contributed by atoms with Gasteiger partial charge in [0, 0.05) is 47.9 Å². The van der Waals surface area contributed by atoms with Crippen LogP contribution in [0.15, 0.2) is 11.2 Å². The van der Waals surface area contributed by atoms with E-state index in [0.717, 1.165) is 30.5 Å². The van der Waals surface area contributed by atoms with Crippen molar-refractivity contribution in [3.05, 3.63) is 28.0 Å².